The lowest BCUT2D eigenvalue weighted by atomic mass is 9.71. The fourth-order valence-electron chi connectivity index (χ4n) is 3.36. The molecule has 1 aromatic carbocycles. The highest BCUT2D eigenvalue weighted by molar-refractivity contribution is 5.95. The molecule has 0 radical (unpaired) electrons. The van der Waals surface area contributed by atoms with Crippen molar-refractivity contribution in [2.24, 2.45) is 5.92 Å². The van der Waals surface area contributed by atoms with Crippen molar-refractivity contribution in [3.8, 4) is 5.75 Å². The fraction of sp³-hybridized carbons (Fsp3) is 0.476. The lowest BCUT2D eigenvalue weighted by Gasteiger charge is -2.34. The first-order valence-corrected chi connectivity index (χ1v) is 8.72. The molecule has 0 bridgehead atoms. The number of aliphatic carboxylic acids is 1. The van der Waals surface area contributed by atoms with Gasteiger partial charge in [-0.25, -0.2) is 4.79 Å². The number of ether oxygens (including phenoxy) is 1. The van der Waals surface area contributed by atoms with Gasteiger partial charge in [-0.1, -0.05) is 33.8 Å². The van der Waals surface area contributed by atoms with Crippen molar-refractivity contribution >= 4 is 17.1 Å². The Morgan fingerprint density at radius 3 is 2.52 bits per heavy atom. The average molecular weight is 346 g/mol. The maximum Gasteiger partial charge on any atom is 0.365 e. The maximum absolute atomic E-state index is 14.1. The molecule has 2 rings (SSSR count). The number of allylic oxidation sites excluding steroid dienone is 3. The van der Waals surface area contributed by atoms with E-state index < -0.39 is 11.8 Å². The van der Waals surface area contributed by atoms with Gasteiger partial charge in [-0.2, -0.15) is 4.39 Å². The molecule has 1 N–H and O–H groups in total. The van der Waals surface area contributed by atoms with E-state index in [1.807, 2.05) is 19.1 Å². The lowest BCUT2D eigenvalue weighted by Crippen LogP contribution is -2.23. The van der Waals surface area contributed by atoms with Crippen LogP contribution in [0.15, 0.2) is 24.0 Å². The third kappa shape index (κ3) is 3.63. The molecule has 1 aromatic rings. The summed E-state index contributed by atoms with van der Waals surface area (Å²) in [5.41, 5.74) is 3.97. The zero-order valence-electron chi connectivity index (χ0n) is 15.9. The summed E-state index contributed by atoms with van der Waals surface area (Å²) >= 11 is 0. The Kier molecular flexibility index (Phi) is 5.40. The summed E-state index contributed by atoms with van der Waals surface area (Å²) < 4.78 is 19.8. The van der Waals surface area contributed by atoms with E-state index in [0.29, 0.717) is 23.8 Å². The number of carbonyl (C=O) groups is 1. The van der Waals surface area contributed by atoms with Gasteiger partial charge in [0.1, 0.15) is 5.75 Å². The predicted octanol–water partition coefficient (Wildman–Crippen LogP) is 5.59. The highest BCUT2D eigenvalue weighted by Gasteiger charge is 2.31. The van der Waals surface area contributed by atoms with Crippen LogP contribution in [0.25, 0.3) is 11.1 Å². The van der Waals surface area contributed by atoms with Gasteiger partial charge in [0.25, 0.3) is 0 Å². The van der Waals surface area contributed by atoms with Gasteiger partial charge >= 0.3 is 5.97 Å². The number of carboxylic acid groups (broad SMARTS) is 1. The van der Waals surface area contributed by atoms with E-state index in [1.54, 1.807) is 0 Å². The molecule has 0 heterocycles. The van der Waals surface area contributed by atoms with Crippen molar-refractivity contribution < 1.29 is 19.0 Å². The standard InChI is InChI=1S/C21H27FO3/c1-7-25-18-11-17-16(10-15(18)13(4)19(22)20(23)24)14(12(2)3)8-9-21(17,5)6/h8,10-12H,7,9H2,1-6H3,(H,23,24)/b19-13+. The molecular weight excluding hydrogens is 319 g/mol. The number of benzene rings is 1. The van der Waals surface area contributed by atoms with Gasteiger partial charge in [0.05, 0.1) is 6.61 Å². The Bertz CT molecular complexity index is 755. The van der Waals surface area contributed by atoms with Crippen LogP contribution >= 0.6 is 0 Å². The van der Waals surface area contributed by atoms with Crippen molar-refractivity contribution in [1.29, 1.82) is 0 Å². The van der Waals surface area contributed by atoms with E-state index in [0.717, 1.165) is 17.5 Å². The molecule has 0 aromatic heterocycles. The highest BCUT2D eigenvalue weighted by atomic mass is 19.1. The van der Waals surface area contributed by atoms with Crippen LogP contribution in [0.2, 0.25) is 0 Å². The third-order valence-electron chi connectivity index (χ3n) is 4.84. The van der Waals surface area contributed by atoms with Crippen LogP contribution in [-0.2, 0) is 10.2 Å². The van der Waals surface area contributed by atoms with Crippen LogP contribution in [-0.4, -0.2) is 17.7 Å². The summed E-state index contributed by atoms with van der Waals surface area (Å²) in [5.74, 6) is -1.84. The smallest absolute Gasteiger partial charge is 0.365 e. The molecule has 1 aliphatic rings. The van der Waals surface area contributed by atoms with E-state index in [2.05, 4.69) is 33.8 Å². The molecule has 0 saturated carbocycles. The first-order chi connectivity index (χ1) is 11.6. The summed E-state index contributed by atoms with van der Waals surface area (Å²) in [6.45, 7) is 12.4. The zero-order chi connectivity index (χ0) is 18.9. The Morgan fingerprint density at radius 1 is 1.36 bits per heavy atom. The molecule has 0 unspecified atom stereocenters. The monoisotopic (exact) mass is 346 g/mol. The molecule has 0 amide bonds. The van der Waals surface area contributed by atoms with Crippen LogP contribution < -0.4 is 4.74 Å². The van der Waals surface area contributed by atoms with Gasteiger partial charge in [0.15, 0.2) is 0 Å². The van der Waals surface area contributed by atoms with Crippen molar-refractivity contribution in [2.45, 2.75) is 53.4 Å². The fourth-order valence-corrected chi connectivity index (χ4v) is 3.36. The minimum Gasteiger partial charge on any atom is -0.493 e. The summed E-state index contributed by atoms with van der Waals surface area (Å²) in [6, 6.07) is 3.85. The van der Waals surface area contributed by atoms with Crippen LogP contribution in [0.1, 0.15) is 64.7 Å². The van der Waals surface area contributed by atoms with E-state index in [1.165, 1.54) is 12.5 Å². The minimum atomic E-state index is -1.56. The molecule has 136 valence electrons. The number of carboxylic acids is 1. The molecular formula is C21H27FO3. The zero-order valence-corrected chi connectivity index (χ0v) is 15.9. The van der Waals surface area contributed by atoms with Gasteiger partial charge in [0, 0.05) is 11.1 Å². The lowest BCUT2D eigenvalue weighted by molar-refractivity contribution is -0.134. The van der Waals surface area contributed by atoms with Crippen molar-refractivity contribution in [3.63, 3.8) is 0 Å². The summed E-state index contributed by atoms with van der Waals surface area (Å²) in [5, 5.41) is 9.01. The predicted molar refractivity (Wildman–Crippen MR) is 99.4 cm³/mol. The number of hydrogen-bond acceptors (Lipinski definition) is 2. The van der Waals surface area contributed by atoms with Crippen LogP contribution in [0, 0.1) is 5.92 Å². The molecule has 0 saturated heterocycles. The molecule has 25 heavy (non-hydrogen) atoms. The molecule has 0 atom stereocenters. The quantitative estimate of drug-likeness (QED) is 0.707. The Hall–Kier alpha value is -2.10. The second-order valence-electron chi connectivity index (χ2n) is 7.47. The Balaban J connectivity index is 2.79. The van der Waals surface area contributed by atoms with Crippen molar-refractivity contribution in [3.05, 3.63) is 40.7 Å². The molecule has 0 spiro atoms. The van der Waals surface area contributed by atoms with Gasteiger partial charge < -0.3 is 9.84 Å². The number of hydrogen-bond donors (Lipinski definition) is 1. The highest BCUT2D eigenvalue weighted by Crippen LogP contribution is 2.45. The number of rotatable bonds is 5. The Morgan fingerprint density at radius 2 is 2.00 bits per heavy atom. The molecule has 0 aliphatic heterocycles. The van der Waals surface area contributed by atoms with Crippen molar-refractivity contribution in [2.75, 3.05) is 6.61 Å². The van der Waals surface area contributed by atoms with E-state index >= 15 is 0 Å². The average Bonchev–Trinajstić information content (AvgIpc) is 2.53. The summed E-state index contributed by atoms with van der Waals surface area (Å²) in [4.78, 5) is 11.1. The maximum atomic E-state index is 14.1. The Labute approximate surface area is 149 Å². The van der Waals surface area contributed by atoms with E-state index in [-0.39, 0.29) is 11.0 Å². The summed E-state index contributed by atoms with van der Waals surface area (Å²) in [6.07, 6.45) is 3.17. The number of fused-ring (bicyclic) bond motifs is 1. The second kappa shape index (κ2) is 7.03. The largest absolute Gasteiger partial charge is 0.493 e. The first-order valence-electron chi connectivity index (χ1n) is 8.72. The third-order valence-corrected chi connectivity index (χ3v) is 4.84. The normalized spacial score (nSPS) is 16.9. The first kappa shape index (κ1) is 19.2. The molecule has 0 fully saturated rings. The molecule has 3 nitrogen and oxygen atoms in total. The number of halogens is 1. The molecule has 4 heteroatoms. The van der Waals surface area contributed by atoms with Crippen LogP contribution in [0.3, 0.4) is 0 Å². The summed E-state index contributed by atoms with van der Waals surface area (Å²) in [7, 11) is 0. The van der Waals surface area contributed by atoms with Gasteiger partial charge in [-0.05, 0) is 60.4 Å². The van der Waals surface area contributed by atoms with Crippen LogP contribution in [0.5, 0.6) is 5.75 Å². The minimum absolute atomic E-state index is 0.0545. The van der Waals surface area contributed by atoms with E-state index in [9.17, 15) is 9.18 Å². The topological polar surface area (TPSA) is 46.5 Å². The SMILES string of the molecule is CCOc1cc2c(cc1/C(C)=C(/F)C(=O)O)C(C(C)C)=CCC2(C)C. The van der Waals surface area contributed by atoms with Crippen molar-refractivity contribution in [1.82, 2.24) is 0 Å². The van der Waals surface area contributed by atoms with Gasteiger partial charge in [-0.15, -0.1) is 0 Å². The molecule has 1 aliphatic carbocycles. The van der Waals surface area contributed by atoms with Gasteiger partial charge in [0.2, 0.25) is 5.83 Å². The van der Waals surface area contributed by atoms with E-state index in [4.69, 9.17) is 9.84 Å². The van der Waals surface area contributed by atoms with Gasteiger partial charge in [-0.3, -0.25) is 0 Å². The second-order valence-corrected chi connectivity index (χ2v) is 7.47. The van der Waals surface area contributed by atoms with Crippen LogP contribution in [0.4, 0.5) is 4.39 Å².